The molecule has 0 N–H and O–H groups in total. The highest BCUT2D eigenvalue weighted by Crippen LogP contribution is 2.48. The van der Waals surface area contributed by atoms with Gasteiger partial charge in [-0.25, -0.2) is 0 Å². The number of rotatable bonds is 5. The molecule has 1 saturated heterocycles. The van der Waals surface area contributed by atoms with Crippen molar-refractivity contribution >= 4 is 27.1 Å². The van der Waals surface area contributed by atoms with Gasteiger partial charge in [0.15, 0.2) is 0 Å². The average Bonchev–Trinajstić information content (AvgIpc) is 2.79. The molecule has 1 heterocycles. The summed E-state index contributed by atoms with van der Waals surface area (Å²) < 4.78 is 28.4. The molecule has 0 aromatic rings. The maximum Gasteiger partial charge on any atom is 0.353 e. The molecule has 0 amide bonds. The highest BCUT2D eigenvalue weighted by atomic mass is 28.5. The predicted molar refractivity (Wildman–Crippen MR) is 134 cm³/mol. The molecule has 7 heteroatoms. The lowest BCUT2D eigenvalue weighted by Gasteiger charge is -2.53. The zero-order valence-corrected chi connectivity index (χ0v) is 24.0. The van der Waals surface area contributed by atoms with Crippen molar-refractivity contribution in [2.75, 3.05) is 0 Å². The normalized spacial score (nSPS) is 36.4. The van der Waals surface area contributed by atoms with Crippen molar-refractivity contribution < 1.29 is 17.1 Å². The summed E-state index contributed by atoms with van der Waals surface area (Å²) in [5.74, 6) is 0. The average molecular weight is 485 g/mol. The first kappa shape index (κ1) is 24.6. The molecule has 4 aliphatic rings. The molecule has 4 rings (SSSR count). The summed E-state index contributed by atoms with van der Waals surface area (Å²) in [5.41, 5.74) is 1.93. The second-order valence-electron chi connectivity index (χ2n) is 11.8. The standard InChI is InChI=1S/C24H48O4Si3/c1-20(25-24(2,3)4)31(23-18-12-7-13-19-23)27-29(21-14-8-5-9-15-21)26-30(28-31)22-16-10-6-11-17-22/h20-23,29-30H,5-19H2,1-4H3. The van der Waals surface area contributed by atoms with E-state index in [1.807, 2.05) is 0 Å². The van der Waals surface area contributed by atoms with Gasteiger partial charge in [-0.1, -0.05) is 57.8 Å². The highest BCUT2D eigenvalue weighted by molar-refractivity contribution is 6.85. The van der Waals surface area contributed by atoms with E-state index in [4.69, 9.17) is 17.1 Å². The quantitative estimate of drug-likeness (QED) is 0.408. The highest BCUT2D eigenvalue weighted by Gasteiger charge is 2.60. The molecule has 0 aromatic heterocycles. The van der Waals surface area contributed by atoms with Crippen LogP contribution in [0.4, 0.5) is 0 Å². The molecule has 0 aromatic carbocycles. The Hall–Kier alpha value is 0.491. The second-order valence-corrected chi connectivity index (χ2v) is 21.2. The molecule has 3 aliphatic carbocycles. The van der Waals surface area contributed by atoms with Gasteiger partial charge in [0, 0.05) is 5.54 Å². The van der Waals surface area contributed by atoms with Crippen LogP contribution in [0.2, 0.25) is 16.6 Å². The molecular weight excluding hydrogens is 437 g/mol. The number of hydrogen-bond donors (Lipinski definition) is 0. The van der Waals surface area contributed by atoms with E-state index in [0.29, 0.717) is 16.6 Å². The Bertz CT molecular complexity index is 526. The van der Waals surface area contributed by atoms with E-state index in [0.717, 1.165) is 0 Å². The third-order valence-electron chi connectivity index (χ3n) is 8.21. The Labute approximate surface area is 196 Å². The van der Waals surface area contributed by atoms with Gasteiger partial charge in [0.25, 0.3) is 0 Å². The first-order valence-electron chi connectivity index (χ1n) is 13.6. The van der Waals surface area contributed by atoms with Gasteiger partial charge in [0.2, 0.25) is 0 Å². The van der Waals surface area contributed by atoms with Crippen LogP contribution >= 0.6 is 0 Å². The van der Waals surface area contributed by atoms with Crippen molar-refractivity contribution in [3.8, 4) is 0 Å². The van der Waals surface area contributed by atoms with Crippen molar-refractivity contribution in [2.24, 2.45) is 0 Å². The van der Waals surface area contributed by atoms with Gasteiger partial charge >= 0.3 is 27.1 Å². The zero-order chi connectivity index (χ0) is 21.9. The lowest BCUT2D eigenvalue weighted by atomic mass is 10.0. The van der Waals surface area contributed by atoms with E-state index < -0.39 is 27.1 Å². The summed E-state index contributed by atoms with van der Waals surface area (Å²) in [5, 5.41) is 0. The molecule has 180 valence electrons. The minimum atomic E-state index is -2.51. The fourth-order valence-corrected chi connectivity index (χ4v) is 23.6. The SMILES string of the molecule is CC(OC(C)(C)C)[Si]1(C2CCCCC2)O[SiH](C2CCCCC2)O[SiH](C2CCCCC2)O1. The van der Waals surface area contributed by atoms with Gasteiger partial charge in [0.1, 0.15) is 0 Å². The van der Waals surface area contributed by atoms with Crippen LogP contribution in [0.3, 0.4) is 0 Å². The lowest BCUT2D eigenvalue weighted by Crippen LogP contribution is -2.69. The first-order chi connectivity index (χ1) is 14.9. The number of hydrogen-bond acceptors (Lipinski definition) is 4. The largest absolute Gasteiger partial charge is 0.420 e. The van der Waals surface area contributed by atoms with E-state index in [-0.39, 0.29) is 11.3 Å². The van der Waals surface area contributed by atoms with Gasteiger partial charge in [-0.15, -0.1) is 0 Å². The first-order valence-corrected chi connectivity index (χ1v) is 18.8. The van der Waals surface area contributed by atoms with Crippen molar-refractivity contribution in [2.45, 2.75) is 152 Å². The zero-order valence-electron chi connectivity index (χ0n) is 20.7. The summed E-state index contributed by atoms with van der Waals surface area (Å²) in [6.07, 6.45) is 20.2. The predicted octanol–water partition coefficient (Wildman–Crippen LogP) is 6.68. The van der Waals surface area contributed by atoms with Crippen LogP contribution in [0.1, 0.15) is 124 Å². The molecular formula is C24H48O4Si3. The summed E-state index contributed by atoms with van der Waals surface area (Å²) >= 11 is 0. The van der Waals surface area contributed by atoms with Crippen LogP contribution in [0.5, 0.6) is 0 Å². The Morgan fingerprint density at radius 1 is 0.710 bits per heavy atom. The second kappa shape index (κ2) is 10.8. The van der Waals surface area contributed by atoms with Gasteiger partial charge in [-0.05, 0) is 77.3 Å². The summed E-state index contributed by atoms with van der Waals surface area (Å²) in [7, 11) is -5.99. The van der Waals surface area contributed by atoms with Crippen LogP contribution in [0, 0.1) is 0 Å². The van der Waals surface area contributed by atoms with Crippen LogP contribution < -0.4 is 0 Å². The van der Waals surface area contributed by atoms with Crippen LogP contribution in [0.15, 0.2) is 0 Å². The van der Waals surface area contributed by atoms with Gasteiger partial charge in [0.05, 0.1) is 11.3 Å². The molecule has 3 atom stereocenters. The monoisotopic (exact) mass is 484 g/mol. The molecule has 31 heavy (non-hydrogen) atoms. The van der Waals surface area contributed by atoms with Crippen molar-refractivity contribution in [3.63, 3.8) is 0 Å². The maximum atomic E-state index is 7.32. The molecule has 0 bridgehead atoms. The third-order valence-corrected chi connectivity index (χ3v) is 21.0. The van der Waals surface area contributed by atoms with Crippen molar-refractivity contribution in [1.29, 1.82) is 0 Å². The van der Waals surface area contributed by atoms with Crippen LogP contribution in [0.25, 0.3) is 0 Å². The number of ether oxygens (including phenoxy) is 1. The smallest absolute Gasteiger partial charge is 0.353 e. The minimum absolute atomic E-state index is 0.0941. The molecule has 4 fully saturated rings. The molecule has 3 saturated carbocycles. The molecule has 0 spiro atoms. The minimum Gasteiger partial charge on any atom is -0.420 e. The van der Waals surface area contributed by atoms with Gasteiger partial charge < -0.3 is 17.1 Å². The lowest BCUT2D eigenvalue weighted by molar-refractivity contribution is -0.0379. The van der Waals surface area contributed by atoms with E-state index in [1.165, 1.54) is 96.3 Å². The summed E-state index contributed by atoms with van der Waals surface area (Å²) in [6, 6.07) is 0. The van der Waals surface area contributed by atoms with E-state index in [1.54, 1.807) is 0 Å². The van der Waals surface area contributed by atoms with Crippen molar-refractivity contribution in [3.05, 3.63) is 0 Å². The van der Waals surface area contributed by atoms with Crippen molar-refractivity contribution in [1.82, 2.24) is 0 Å². The fourth-order valence-electron chi connectivity index (χ4n) is 6.64. The Balaban J connectivity index is 1.64. The van der Waals surface area contributed by atoms with Crippen LogP contribution in [-0.4, -0.2) is 38.5 Å². The van der Waals surface area contributed by atoms with E-state index >= 15 is 0 Å². The van der Waals surface area contributed by atoms with Crippen LogP contribution in [-0.2, 0) is 17.1 Å². The Morgan fingerprint density at radius 2 is 1.13 bits per heavy atom. The maximum absolute atomic E-state index is 7.32. The molecule has 4 nitrogen and oxygen atoms in total. The summed E-state index contributed by atoms with van der Waals surface area (Å²) in [4.78, 5) is 0. The summed E-state index contributed by atoms with van der Waals surface area (Å²) in [6.45, 7) is 8.88. The molecule has 0 radical (unpaired) electrons. The Morgan fingerprint density at radius 3 is 1.55 bits per heavy atom. The van der Waals surface area contributed by atoms with E-state index in [2.05, 4.69) is 27.7 Å². The molecule has 1 aliphatic heterocycles. The van der Waals surface area contributed by atoms with Gasteiger partial charge in [-0.3, -0.25) is 0 Å². The fraction of sp³-hybridized carbons (Fsp3) is 1.00. The van der Waals surface area contributed by atoms with Gasteiger partial charge in [-0.2, -0.15) is 0 Å². The Kier molecular flexibility index (Phi) is 8.59. The van der Waals surface area contributed by atoms with E-state index in [9.17, 15) is 0 Å². The third kappa shape index (κ3) is 6.14. The molecule has 3 unspecified atom stereocenters. The topological polar surface area (TPSA) is 36.9 Å².